The Labute approximate surface area is 145 Å². The molecule has 0 spiro atoms. The molecule has 0 bridgehead atoms. The number of aliphatic carboxylic acids is 1. The number of fused-ring (bicyclic) bond motifs is 2. The number of aromatic nitrogens is 1. The van der Waals surface area contributed by atoms with E-state index in [0.29, 0.717) is 26.2 Å². The van der Waals surface area contributed by atoms with E-state index in [2.05, 4.69) is 16.8 Å². The van der Waals surface area contributed by atoms with Crippen molar-refractivity contribution >= 4 is 28.5 Å². The first-order valence-electron chi connectivity index (χ1n) is 8.30. The monoisotopic (exact) mass is 348 g/mol. The Bertz CT molecular complexity index is 803. The molecule has 0 saturated carbocycles. The zero-order chi connectivity index (χ0) is 16.9. The summed E-state index contributed by atoms with van der Waals surface area (Å²) < 4.78 is 5.53. The van der Waals surface area contributed by atoms with Crippen molar-refractivity contribution in [3.05, 3.63) is 34.5 Å². The van der Waals surface area contributed by atoms with Gasteiger partial charge in [-0.1, -0.05) is 11.6 Å². The summed E-state index contributed by atoms with van der Waals surface area (Å²) >= 11 is 6.10. The molecule has 128 valence electrons. The third kappa shape index (κ3) is 2.42. The number of likely N-dealkylation sites (tertiary alicyclic amines) is 1. The molecule has 2 aliphatic rings. The standard InChI is InChI=1S/C18H21ClN2O3/c1-11-14-6-13(19)2-3-15(14)20-16(11)8-21-7-12-9-24-5-4-18(12,10-21)17(22)23/h2-3,6,12,20H,4-5,7-10H2,1H3,(H,22,23)/t12-,18+/m1/s1. The minimum atomic E-state index is -0.682. The van der Waals surface area contributed by atoms with Gasteiger partial charge in [-0.2, -0.15) is 0 Å². The Morgan fingerprint density at radius 2 is 2.38 bits per heavy atom. The third-order valence-corrected chi connectivity index (χ3v) is 5.94. The van der Waals surface area contributed by atoms with E-state index >= 15 is 0 Å². The first-order valence-corrected chi connectivity index (χ1v) is 8.67. The molecule has 2 N–H and O–H groups in total. The minimum Gasteiger partial charge on any atom is -0.481 e. The van der Waals surface area contributed by atoms with Gasteiger partial charge >= 0.3 is 5.97 Å². The van der Waals surface area contributed by atoms with Crippen molar-refractivity contribution in [3.63, 3.8) is 0 Å². The summed E-state index contributed by atoms with van der Waals surface area (Å²) in [7, 11) is 0. The van der Waals surface area contributed by atoms with Crippen LogP contribution in [-0.2, 0) is 16.1 Å². The number of carboxylic acid groups (broad SMARTS) is 1. The summed E-state index contributed by atoms with van der Waals surface area (Å²) in [5, 5.41) is 11.6. The maximum atomic E-state index is 11.9. The van der Waals surface area contributed by atoms with E-state index in [1.165, 1.54) is 5.56 Å². The number of halogens is 1. The van der Waals surface area contributed by atoms with Crippen molar-refractivity contribution < 1.29 is 14.6 Å². The van der Waals surface area contributed by atoms with Crippen LogP contribution in [0, 0.1) is 18.3 Å². The van der Waals surface area contributed by atoms with Crippen LogP contribution in [-0.4, -0.2) is 47.3 Å². The van der Waals surface area contributed by atoms with E-state index in [1.807, 2.05) is 18.2 Å². The highest BCUT2D eigenvalue weighted by atomic mass is 35.5. The quantitative estimate of drug-likeness (QED) is 0.894. The number of carbonyl (C=O) groups is 1. The fourth-order valence-corrected chi connectivity index (χ4v) is 4.43. The van der Waals surface area contributed by atoms with Crippen molar-refractivity contribution in [2.75, 3.05) is 26.3 Å². The number of benzene rings is 1. The largest absolute Gasteiger partial charge is 0.481 e. The Morgan fingerprint density at radius 3 is 3.12 bits per heavy atom. The molecule has 1 aromatic carbocycles. The lowest BCUT2D eigenvalue weighted by Crippen LogP contribution is -2.44. The maximum absolute atomic E-state index is 11.9. The average Bonchev–Trinajstić information content (AvgIpc) is 3.07. The number of aryl methyl sites for hydroxylation is 1. The number of nitrogens with one attached hydrogen (secondary N) is 1. The van der Waals surface area contributed by atoms with Gasteiger partial charge in [-0.3, -0.25) is 9.69 Å². The van der Waals surface area contributed by atoms with Crippen LogP contribution in [0.15, 0.2) is 18.2 Å². The first kappa shape index (κ1) is 15.9. The van der Waals surface area contributed by atoms with Crippen molar-refractivity contribution in [2.24, 2.45) is 11.3 Å². The van der Waals surface area contributed by atoms with Crippen LogP contribution in [0.25, 0.3) is 10.9 Å². The molecule has 4 rings (SSSR count). The van der Waals surface area contributed by atoms with Crippen molar-refractivity contribution in [1.29, 1.82) is 0 Å². The lowest BCUT2D eigenvalue weighted by atomic mass is 9.74. The van der Waals surface area contributed by atoms with E-state index in [4.69, 9.17) is 16.3 Å². The van der Waals surface area contributed by atoms with Crippen molar-refractivity contribution in [2.45, 2.75) is 19.9 Å². The van der Waals surface area contributed by atoms with Gasteiger partial charge in [0, 0.05) is 53.8 Å². The zero-order valence-corrected chi connectivity index (χ0v) is 14.4. The second-order valence-electron chi connectivity index (χ2n) is 7.07. The summed E-state index contributed by atoms with van der Waals surface area (Å²) in [5.74, 6) is -0.610. The van der Waals surface area contributed by atoms with E-state index in [9.17, 15) is 9.90 Å². The van der Waals surface area contributed by atoms with Crippen LogP contribution in [0.4, 0.5) is 0 Å². The van der Waals surface area contributed by atoms with Gasteiger partial charge in [0.2, 0.25) is 0 Å². The average molecular weight is 349 g/mol. The number of hydrogen-bond donors (Lipinski definition) is 2. The maximum Gasteiger partial charge on any atom is 0.311 e. The van der Waals surface area contributed by atoms with Gasteiger partial charge in [-0.15, -0.1) is 0 Å². The Kier molecular flexibility index (Phi) is 3.82. The first-order chi connectivity index (χ1) is 11.5. The topological polar surface area (TPSA) is 65.6 Å². The lowest BCUT2D eigenvalue weighted by molar-refractivity contribution is -0.157. The number of ether oxygens (including phenoxy) is 1. The molecule has 2 saturated heterocycles. The van der Waals surface area contributed by atoms with Crippen molar-refractivity contribution in [1.82, 2.24) is 9.88 Å². The molecule has 6 heteroatoms. The van der Waals surface area contributed by atoms with Gasteiger partial charge in [0.1, 0.15) is 0 Å². The molecule has 0 radical (unpaired) electrons. The number of aromatic amines is 1. The Balaban J connectivity index is 1.60. The highest BCUT2D eigenvalue weighted by molar-refractivity contribution is 6.31. The number of H-pyrrole nitrogens is 1. The Hall–Kier alpha value is -1.56. The molecule has 2 atom stereocenters. The molecule has 2 fully saturated rings. The number of rotatable bonds is 3. The molecule has 0 unspecified atom stereocenters. The Morgan fingerprint density at radius 1 is 1.54 bits per heavy atom. The summed E-state index contributed by atoms with van der Waals surface area (Å²) in [6, 6.07) is 5.85. The van der Waals surface area contributed by atoms with Gasteiger partial charge in [0.25, 0.3) is 0 Å². The molecule has 2 aromatic rings. The van der Waals surface area contributed by atoms with E-state index < -0.39 is 11.4 Å². The lowest BCUT2D eigenvalue weighted by Gasteiger charge is -2.34. The number of hydrogen-bond acceptors (Lipinski definition) is 3. The van der Waals surface area contributed by atoms with E-state index in [1.54, 1.807) is 0 Å². The predicted octanol–water partition coefficient (Wildman–Crippen LogP) is 3.05. The molecule has 3 heterocycles. The zero-order valence-electron chi connectivity index (χ0n) is 13.6. The van der Waals surface area contributed by atoms with Crippen LogP contribution in [0.1, 0.15) is 17.7 Å². The summed E-state index contributed by atoms with van der Waals surface area (Å²) in [6.07, 6.45) is 0.602. The number of nitrogens with zero attached hydrogens (tertiary/aromatic N) is 1. The predicted molar refractivity (Wildman–Crippen MR) is 92.3 cm³/mol. The van der Waals surface area contributed by atoms with Crippen LogP contribution < -0.4 is 0 Å². The molecule has 0 aliphatic carbocycles. The second kappa shape index (κ2) is 5.76. The van der Waals surface area contributed by atoms with Gasteiger partial charge in [-0.05, 0) is 37.1 Å². The molecule has 1 aromatic heterocycles. The van der Waals surface area contributed by atoms with Gasteiger partial charge in [0.05, 0.1) is 12.0 Å². The van der Waals surface area contributed by atoms with Crippen LogP contribution in [0.5, 0.6) is 0 Å². The van der Waals surface area contributed by atoms with Gasteiger partial charge < -0.3 is 14.8 Å². The highest BCUT2D eigenvalue weighted by Crippen LogP contribution is 2.43. The fraction of sp³-hybridized carbons (Fsp3) is 0.500. The fourth-order valence-electron chi connectivity index (χ4n) is 4.26. The van der Waals surface area contributed by atoms with Crippen LogP contribution in [0.2, 0.25) is 5.02 Å². The molecule has 0 amide bonds. The third-order valence-electron chi connectivity index (χ3n) is 5.71. The molecule has 5 nitrogen and oxygen atoms in total. The number of carboxylic acids is 1. The molecule has 24 heavy (non-hydrogen) atoms. The molecule has 2 aliphatic heterocycles. The van der Waals surface area contributed by atoms with Gasteiger partial charge in [-0.25, -0.2) is 0 Å². The summed E-state index contributed by atoms with van der Waals surface area (Å²) in [6.45, 7) is 5.26. The highest BCUT2D eigenvalue weighted by Gasteiger charge is 2.53. The minimum absolute atomic E-state index is 0.0721. The van der Waals surface area contributed by atoms with E-state index in [-0.39, 0.29) is 5.92 Å². The molecular weight excluding hydrogens is 328 g/mol. The summed E-state index contributed by atoms with van der Waals surface area (Å²) in [4.78, 5) is 17.6. The smallest absolute Gasteiger partial charge is 0.311 e. The van der Waals surface area contributed by atoms with Gasteiger partial charge in [0.15, 0.2) is 0 Å². The van der Waals surface area contributed by atoms with E-state index in [0.717, 1.165) is 34.7 Å². The molecular formula is C18H21ClN2O3. The normalized spacial score (nSPS) is 27.5. The van der Waals surface area contributed by atoms with Crippen molar-refractivity contribution in [3.8, 4) is 0 Å². The van der Waals surface area contributed by atoms with Crippen LogP contribution in [0.3, 0.4) is 0 Å². The SMILES string of the molecule is Cc1c(CN2C[C@@H]3COCC[C@]3(C(=O)O)C2)[nH]c2ccc(Cl)cc12. The second-order valence-corrected chi connectivity index (χ2v) is 7.51. The summed E-state index contributed by atoms with van der Waals surface area (Å²) in [5.41, 5.74) is 2.73. The van der Waals surface area contributed by atoms with Crippen LogP contribution >= 0.6 is 11.6 Å².